The van der Waals surface area contributed by atoms with Gasteiger partial charge in [0.15, 0.2) is 0 Å². The number of ether oxygens (including phenoxy) is 2. The number of hydrogen-bond acceptors (Lipinski definition) is 4. The molecule has 0 heterocycles. The maximum Gasteiger partial charge on any atom is 0.303 e. The molecule has 1 aliphatic carbocycles. The quantitative estimate of drug-likeness (QED) is 0.573. The van der Waals surface area contributed by atoms with Gasteiger partial charge in [-0.25, -0.2) is 0 Å². The zero-order valence-corrected chi connectivity index (χ0v) is 13.2. The molecule has 4 heteroatoms. The van der Waals surface area contributed by atoms with Crippen LogP contribution in [-0.4, -0.2) is 23.6 Å². The molecule has 0 fully saturated rings. The summed E-state index contributed by atoms with van der Waals surface area (Å²) in [6.45, 7) is 8.94. The molecule has 0 saturated carbocycles. The summed E-state index contributed by atoms with van der Waals surface area (Å²) in [7, 11) is 0. The minimum absolute atomic E-state index is 0.0774. The Morgan fingerprint density at radius 3 is 2.40 bits per heavy atom. The average molecular weight is 282 g/mol. The molecule has 0 aliphatic heterocycles. The highest BCUT2D eigenvalue weighted by molar-refractivity contribution is 5.66. The Labute approximate surface area is 121 Å². The van der Waals surface area contributed by atoms with Crippen LogP contribution in [0.4, 0.5) is 0 Å². The molecule has 2 unspecified atom stereocenters. The number of esters is 2. The Hall–Kier alpha value is -1.32. The maximum absolute atomic E-state index is 11.1. The normalized spacial score (nSPS) is 26.1. The molecule has 20 heavy (non-hydrogen) atoms. The predicted molar refractivity (Wildman–Crippen MR) is 77.1 cm³/mol. The molecular formula is C16H26O4. The van der Waals surface area contributed by atoms with E-state index in [0.29, 0.717) is 0 Å². The Kier molecular flexibility index (Phi) is 5.37. The van der Waals surface area contributed by atoms with E-state index >= 15 is 0 Å². The topological polar surface area (TPSA) is 52.6 Å². The summed E-state index contributed by atoms with van der Waals surface area (Å²) in [4.78, 5) is 22.0. The van der Waals surface area contributed by atoms with Gasteiger partial charge in [0.05, 0.1) is 0 Å². The molecular weight excluding hydrogens is 256 g/mol. The van der Waals surface area contributed by atoms with Crippen LogP contribution >= 0.6 is 0 Å². The van der Waals surface area contributed by atoms with Crippen molar-refractivity contribution in [1.82, 2.24) is 0 Å². The van der Waals surface area contributed by atoms with Crippen LogP contribution in [-0.2, 0) is 19.1 Å². The van der Waals surface area contributed by atoms with Crippen LogP contribution in [0, 0.1) is 5.41 Å². The molecule has 0 aromatic carbocycles. The first kappa shape index (κ1) is 16.7. The average Bonchev–Trinajstić information content (AvgIpc) is 2.28. The van der Waals surface area contributed by atoms with Crippen LogP contribution < -0.4 is 0 Å². The summed E-state index contributed by atoms with van der Waals surface area (Å²) in [6, 6.07) is 0. The smallest absolute Gasteiger partial charge is 0.303 e. The van der Waals surface area contributed by atoms with Gasteiger partial charge in [0, 0.05) is 13.8 Å². The van der Waals surface area contributed by atoms with Crippen molar-refractivity contribution in [3.8, 4) is 0 Å². The first-order valence-electron chi connectivity index (χ1n) is 7.18. The number of allylic oxidation sites excluding steroid dienone is 1. The minimum atomic E-state index is -0.435. The molecule has 0 aromatic rings. The highest BCUT2D eigenvalue weighted by atomic mass is 16.6. The van der Waals surface area contributed by atoms with Gasteiger partial charge in [-0.2, -0.15) is 0 Å². The van der Waals surface area contributed by atoms with Crippen molar-refractivity contribution in [3.63, 3.8) is 0 Å². The molecule has 2 atom stereocenters. The molecule has 0 bridgehead atoms. The third-order valence-corrected chi connectivity index (χ3v) is 3.75. The number of rotatable bonds is 5. The second kappa shape index (κ2) is 6.42. The van der Waals surface area contributed by atoms with E-state index in [1.54, 1.807) is 0 Å². The van der Waals surface area contributed by atoms with Crippen LogP contribution in [0.1, 0.15) is 60.3 Å². The molecule has 0 saturated heterocycles. The molecule has 1 rings (SSSR count). The highest BCUT2D eigenvalue weighted by Gasteiger charge is 2.31. The standard InChI is InChI=1S/C16H26O4/c1-12(17)19-14-6-8-16(5,9-7-14)11-10-15(3,4)20-13(2)18/h6,8,14H,7,9-11H2,1-5H3. The summed E-state index contributed by atoms with van der Waals surface area (Å²) in [5.74, 6) is -0.478. The van der Waals surface area contributed by atoms with Crippen molar-refractivity contribution in [1.29, 1.82) is 0 Å². The van der Waals surface area contributed by atoms with E-state index in [1.807, 2.05) is 19.9 Å². The SMILES string of the molecule is CC(=O)OC1C=CC(C)(CCC(C)(C)OC(C)=O)CC1. The molecule has 0 spiro atoms. The van der Waals surface area contributed by atoms with E-state index in [1.165, 1.54) is 13.8 Å². The summed E-state index contributed by atoms with van der Waals surface area (Å²) < 4.78 is 10.5. The van der Waals surface area contributed by atoms with Crippen molar-refractivity contribution >= 4 is 11.9 Å². The van der Waals surface area contributed by atoms with Crippen LogP contribution in [0.15, 0.2) is 12.2 Å². The molecule has 1 aliphatic rings. The van der Waals surface area contributed by atoms with E-state index < -0.39 is 5.60 Å². The van der Waals surface area contributed by atoms with E-state index in [0.717, 1.165) is 25.7 Å². The van der Waals surface area contributed by atoms with E-state index in [4.69, 9.17) is 9.47 Å². The van der Waals surface area contributed by atoms with Crippen molar-refractivity contribution in [3.05, 3.63) is 12.2 Å². The van der Waals surface area contributed by atoms with E-state index in [9.17, 15) is 9.59 Å². The second-order valence-corrected chi connectivity index (χ2v) is 6.55. The third kappa shape index (κ3) is 5.76. The van der Waals surface area contributed by atoms with Crippen LogP contribution in [0.25, 0.3) is 0 Å². The van der Waals surface area contributed by atoms with Crippen molar-refractivity contribution in [2.45, 2.75) is 72.0 Å². The van der Waals surface area contributed by atoms with Crippen LogP contribution in [0.3, 0.4) is 0 Å². The zero-order chi connectivity index (χ0) is 15.4. The summed E-state index contributed by atoms with van der Waals surface area (Å²) in [5, 5.41) is 0. The van der Waals surface area contributed by atoms with Crippen molar-refractivity contribution < 1.29 is 19.1 Å². The minimum Gasteiger partial charge on any atom is -0.460 e. The Balaban J connectivity index is 2.52. The lowest BCUT2D eigenvalue weighted by Gasteiger charge is -2.35. The monoisotopic (exact) mass is 282 g/mol. The summed E-state index contributed by atoms with van der Waals surface area (Å²) in [5.41, 5.74) is -0.358. The van der Waals surface area contributed by atoms with Gasteiger partial charge in [-0.3, -0.25) is 9.59 Å². The fraction of sp³-hybridized carbons (Fsp3) is 0.750. The largest absolute Gasteiger partial charge is 0.460 e. The van der Waals surface area contributed by atoms with Gasteiger partial charge >= 0.3 is 11.9 Å². The Morgan fingerprint density at radius 1 is 1.30 bits per heavy atom. The molecule has 0 N–H and O–H groups in total. The van der Waals surface area contributed by atoms with Crippen LogP contribution in [0.2, 0.25) is 0 Å². The fourth-order valence-corrected chi connectivity index (χ4v) is 2.54. The highest BCUT2D eigenvalue weighted by Crippen LogP contribution is 2.38. The molecule has 4 nitrogen and oxygen atoms in total. The van der Waals surface area contributed by atoms with Crippen LogP contribution in [0.5, 0.6) is 0 Å². The molecule has 114 valence electrons. The lowest BCUT2D eigenvalue weighted by atomic mass is 9.75. The van der Waals surface area contributed by atoms with E-state index in [-0.39, 0.29) is 23.5 Å². The summed E-state index contributed by atoms with van der Waals surface area (Å²) in [6.07, 6.45) is 7.58. The van der Waals surface area contributed by atoms with Gasteiger partial charge < -0.3 is 9.47 Å². The first-order valence-corrected chi connectivity index (χ1v) is 7.18. The second-order valence-electron chi connectivity index (χ2n) is 6.55. The first-order chi connectivity index (χ1) is 9.12. The van der Waals surface area contributed by atoms with Gasteiger partial charge in [0.25, 0.3) is 0 Å². The zero-order valence-electron chi connectivity index (χ0n) is 13.2. The molecule has 0 amide bonds. The lowest BCUT2D eigenvalue weighted by Crippen LogP contribution is -2.31. The lowest BCUT2D eigenvalue weighted by molar-refractivity contribution is -0.154. The number of carbonyl (C=O) groups is 2. The number of hydrogen-bond donors (Lipinski definition) is 0. The van der Waals surface area contributed by atoms with Crippen molar-refractivity contribution in [2.75, 3.05) is 0 Å². The predicted octanol–water partition coefficient (Wildman–Crippen LogP) is 3.40. The third-order valence-electron chi connectivity index (χ3n) is 3.75. The maximum atomic E-state index is 11.1. The van der Waals surface area contributed by atoms with Gasteiger partial charge in [-0.05, 0) is 51.0 Å². The Bertz CT molecular complexity index is 397. The van der Waals surface area contributed by atoms with Gasteiger partial charge in [0.2, 0.25) is 0 Å². The molecule has 0 radical (unpaired) electrons. The number of carbonyl (C=O) groups excluding carboxylic acids is 2. The fourth-order valence-electron chi connectivity index (χ4n) is 2.54. The molecule has 0 aromatic heterocycles. The van der Waals surface area contributed by atoms with Gasteiger partial charge in [0.1, 0.15) is 11.7 Å². The summed E-state index contributed by atoms with van der Waals surface area (Å²) >= 11 is 0. The van der Waals surface area contributed by atoms with E-state index in [2.05, 4.69) is 13.0 Å². The van der Waals surface area contributed by atoms with Gasteiger partial charge in [-0.15, -0.1) is 0 Å². The Morgan fingerprint density at radius 2 is 1.95 bits per heavy atom. The van der Waals surface area contributed by atoms with Gasteiger partial charge in [-0.1, -0.05) is 13.0 Å². The van der Waals surface area contributed by atoms with Crippen molar-refractivity contribution in [2.24, 2.45) is 5.41 Å².